The van der Waals surface area contributed by atoms with E-state index in [2.05, 4.69) is 26.3 Å². The Hall–Kier alpha value is -2.65. The maximum atomic E-state index is 12.3. The van der Waals surface area contributed by atoms with Crippen molar-refractivity contribution in [3.05, 3.63) is 41.7 Å². The third kappa shape index (κ3) is 4.75. The summed E-state index contributed by atoms with van der Waals surface area (Å²) in [4.78, 5) is 24.0. The first-order valence-electron chi connectivity index (χ1n) is 8.39. The highest BCUT2D eigenvalue weighted by atomic mass is 35.5. The summed E-state index contributed by atoms with van der Waals surface area (Å²) in [5.74, 6) is 0.252. The van der Waals surface area contributed by atoms with Gasteiger partial charge in [0.2, 0.25) is 5.91 Å². The molecule has 2 heterocycles. The Morgan fingerprint density at radius 2 is 2.15 bits per heavy atom. The van der Waals surface area contributed by atoms with Gasteiger partial charge in [-0.05, 0) is 18.6 Å². The van der Waals surface area contributed by atoms with Crippen LogP contribution < -0.4 is 20.7 Å². The van der Waals surface area contributed by atoms with Crippen molar-refractivity contribution >= 4 is 24.2 Å². The van der Waals surface area contributed by atoms with Crippen molar-refractivity contribution < 1.29 is 14.3 Å². The van der Waals surface area contributed by atoms with Crippen molar-refractivity contribution in [1.29, 1.82) is 0 Å². The van der Waals surface area contributed by atoms with Gasteiger partial charge in [-0.2, -0.15) is 0 Å². The molecule has 1 aliphatic heterocycles. The van der Waals surface area contributed by atoms with Crippen LogP contribution in [0.1, 0.15) is 28.5 Å². The molecular weight excluding hydrogens is 372 g/mol. The third-order valence-corrected chi connectivity index (χ3v) is 4.38. The number of aromatic nitrogens is 3. The van der Waals surface area contributed by atoms with Crippen LogP contribution in [0.25, 0.3) is 0 Å². The number of benzene rings is 1. The summed E-state index contributed by atoms with van der Waals surface area (Å²) in [5, 5.41) is 16.8. The van der Waals surface area contributed by atoms with E-state index in [4.69, 9.17) is 4.74 Å². The van der Waals surface area contributed by atoms with Crippen molar-refractivity contribution in [2.24, 2.45) is 0 Å². The number of halogens is 1. The molecule has 2 amide bonds. The predicted octanol–water partition coefficient (Wildman–Crippen LogP) is 0.287. The number of methoxy groups -OCH3 is 1. The number of hydrogen-bond acceptors (Lipinski definition) is 6. The van der Waals surface area contributed by atoms with Gasteiger partial charge in [0.05, 0.1) is 37.5 Å². The summed E-state index contributed by atoms with van der Waals surface area (Å²) >= 11 is 0. The molecule has 9 nitrogen and oxygen atoms in total. The van der Waals surface area contributed by atoms with E-state index in [0.29, 0.717) is 30.0 Å². The van der Waals surface area contributed by atoms with E-state index in [9.17, 15) is 9.59 Å². The molecule has 1 saturated heterocycles. The Morgan fingerprint density at radius 3 is 2.89 bits per heavy atom. The molecule has 2 aromatic rings. The van der Waals surface area contributed by atoms with Crippen LogP contribution in [-0.2, 0) is 11.3 Å². The topological polar surface area (TPSA) is 110 Å². The number of carbonyl (C=O) groups excluding carboxylic acids is 2. The van der Waals surface area contributed by atoms with Crippen molar-refractivity contribution in [2.45, 2.75) is 25.0 Å². The zero-order chi connectivity index (χ0) is 18.5. The quantitative estimate of drug-likeness (QED) is 0.649. The van der Waals surface area contributed by atoms with E-state index in [0.717, 1.165) is 0 Å². The van der Waals surface area contributed by atoms with E-state index < -0.39 is 0 Å². The van der Waals surface area contributed by atoms with Gasteiger partial charge >= 0.3 is 0 Å². The van der Waals surface area contributed by atoms with Crippen LogP contribution in [0.5, 0.6) is 5.75 Å². The van der Waals surface area contributed by atoms with Gasteiger partial charge in [-0.1, -0.05) is 17.3 Å². The number of likely N-dealkylation sites (N-methyl/N-ethyl adjacent to an activating group) is 1. The van der Waals surface area contributed by atoms with Crippen LogP contribution in [0, 0.1) is 0 Å². The fraction of sp³-hybridized carbons (Fsp3) is 0.412. The molecule has 2 atom stereocenters. The first kappa shape index (κ1) is 20.7. The minimum absolute atomic E-state index is 0. The van der Waals surface area contributed by atoms with Crippen LogP contribution in [0.2, 0.25) is 0 Å². The van der Waals surface area contributed by atoms with Crippen LogP contribution >= 0.6 is 12.4 Å². The predicted molar refractivity (Wildman–Crippen MR) is 101 cm³/mol. The zero-order valence-corrected chi connectivity index (χ0v) is 16.0. The molecule has 0 aliphatic carbocycles. The lowest BCUT2D eigenvalue weighted by Crippen LogP contribution is -2.38. The molecule has 1 fully saturated rings. The normalized spacial score (nSPS) is 18.4. The molecule has 3 rings (SSSR count). The number of rotatable bonds is 6. The molecule has 0 spiro atoms. The van der Waals surface area contributed by atoms with E-state index >= 15 is 0 Å². The van der Waals surface area contributed by atoms with E-state index in [1.54, 1.807) is 36.1 Å². The van der Waals surface area contributed by atoms with Crippen LogP contribution in [0.15, 0.2) is 30.5 Å². The molecule has 1 aromatic carbocycles. The average Bonchev–Trinajstić information content (AvgIpc) is 3.34. The van der Waals surface area contributed by atoms with Crippen molar-refractivity contribution in [3.8, 4) is 5.75 Å². The smallest absolute Gasteiger partial charge is 0.255 e. The maximum Gasteiger partial charge on any atom is 0.255 e. The lowest BCUT2D eigenvalue weighted by Gasteiger charge is -2.09. The first-order valence-corrected chi connectivity index (χ1v) is 8.39. The molecule has 1 aromatic heterocycles. The second-order valence-corrected chi connectivity index (χ2v) is 6.04. The van der Waals surface area contributed by atoms with E-state index in [1.807, 2.05) is 6.07 Å². The van der Waals surface area contributed by atoms with Gasteiger partial charge in [-0.3, -0.25) is 9.59 Å². The standard InChI is InChI=1S/C17H22N6O3.ClH/c1-18-17(25)14-7-12(9-19-14)23-10-11(21-22-23)8-20-16(24)13-5-3-4-6-15(13)26-2;/h3-6,10,12,14,19H,7-9H2,1-2H3,(H,18,25)(H,20,24);1H/t12-,14-;/m0./s1. The molecule has 0 radical (unpaired) electrons. The second kappa shape index (κ2) is 9.33. The van der Waals surface area contributed by atoms with Gasteiger partial charge in [0.1, 0.15) is 11.4 Å². The van der Waals surface area contributed by atoms with Gasteiger partial charge in [0.25, 0.3) is 5.91 Å². The van der Waals surface area contributed by atoms with Crippen molar-refractivity contribution in [3.63, 3.8) is 0 Å². The Bertz CT molecular complexity index is 796. The Balaban J connectivity index is 0.00000261. The van der Waals surface area contributed by atoms with Gasteiger partial charge in [0, 0.05) is 13.6 Å². The number of hydrogen-bond donors (Lipinski definition) is 3. The number of carbonyl (C=O) groups is 2. The number of amides is 2. The van der Waals surface area contributed by atoms with Gasteiger partial charge in [-0.25, -0.2) is 4.68 Å². The molecule has 1 aliphatic rings. The Kier molecular flexibility index (Phi) is 7.14. The number of ether oxygens (including phenoxy) is 1. The highest BCUT2D eigenvalue weighted by molar-refractivity contribution is 5.96. The highest BCUT2D eigenvalue weighted by Crippen LogP contribution is 2.19. The molecule has 0 bridgehead atoms. The number of para-hydroxylation sites is 1. The molecule has 10 heteroatoms. The average molecular weight is 395 g/mol. The Morgan fingerprint density at radius 1 is 1.37 bits per heavy atom. The Labute approximate surface area is 163 Å². The third-order valence-electron chi connectivity index (χ3n) is 4.38. The van der Waals surface area contributed by atoms with Gasteiger partial charge in [0.15, 0.2) is 0 Å². The fourth-order valence-electron chi connectivity index (χ4n) is 2.96. The van der Waals surface area contributed by atoms with Crippen LogP contribution in [-0.4, -0.2) is 53.6 Å². The molecule has 0 unspecified atom stereocenters. The van der Waals surface area contributed by atoms with Crippen molar-refractivity contribution in [1.82, 2.24) is 30.9 Å². The molecule has 0 saturated carbocycles. The van der Waals surface area contributed by atoms with Crippen LogP contribution in [0.3, 0.4) is 0 Å². The number of nitrogens with zero attached hydrogens (tertiary/aromatic N) is 3. The highest BCUT2D eigenvalue weighted by Gasteiger charge is 2.30. The van der Waals surface area contributed by atoms with E-state index in [1.165, 1.54) is 7.11 Å². The molecule has 146 valence electrons. The summed E-state index contributed by atoms with van der Waals surface area (Å²) in [7, 11) is 3.15. The summed E-state index contributed by atoms with van der Waals surface area (Å²) < 4.78 is 6.93. The SMILES string of the molecule is CNC(=O)[C@@H]1C[C@H](n2cc(CNC(=O)c3ccccc3OC)nn2)CN1.Cl. The van der Waals surface area contributed by atoms with Crippen molar-refractivity contribution in [2.75, 3.05) is 20.7 Å². The maximum absolute atomic E-state index is 12.3. The minimum Gasteiger partial charge on any atom is -0.496 e. The van der Waals surface area contributed by atoms with Gasteiger partial charge < -0.3 is 20.7 Å². The molecule has 27 heavy (non-hydrogen) atoms. The van der Waals surface area contributed by atoms with Gasteiger partial charge in [-0.15, -0.1) is 17.5 Å². The largest absolute Gasteiger partial charge is 0.496 e. The summed E-state index contributed by atoms with van der Waals surface area (Å²) in [6, 6.07) is 6.87. The first-order chi connectivity index (χ1) is 12.6. The second-order valence-electron chi connectivity index (χ2n) is 6.04. The fourth-order valence-corrected chi connectivity index (χ4v) is 2.96. The minimum atomic E-state index is -0.237. The molecule has 3 N–H and O–H groups in total. The summed E-state index contributed by atoms with van der Waals surface area (Å²) in [6.07, 6.45) is 2.44. The molecular formula is C17H23ClN6O3. The monoisotopic (exact) mass is 394 g/mol. The summed E-state index contributed by atoms with van der Waals surface area (Å²) in [6.45, 7) is 0.907. The summed E-state index contributed by atoms with van der Waals surface area (Å²) in [5.41, 5.74) is 1.12. The number of nitrogens with one attached hydrogen (secondary N) is 3. The zero-order valence-electron chi connectivity index (χ0n) is 15.1. The van der Waals surface area contributed by atoms with E-state index in [-0.39, 0.29) is 42.8 Å². The van der Waals surface area contributed by atoms with Crippen LogP contribution in [0.4, 0.5) is 0 Å². The lowest BCUT2D eigenvalue weighted by atomic mass is 10.1. The lowest BCUT2D eigenvalue weighted by molar-refractivity contribution is -0.122.